The van der Waals surface area contributed by atoms with Crippen LogP contribution in [0.1, 0.15) is 65.4 Å². The topological polar surface area (TPSA) is 79.4 Å². The van der Waals surface area contributed by atoms with Crippen LogP contribution in [-0.2, 0) is 11.2 Å². The Morgan fingerprint density at radius 3 is 2.45 bits per heavy atom. The zero-order valence-electron chi connectivity index (χ0n) is 21.8. The average Bonchev–Trinajstić information content (AvgIpc) is 3.41. The molecule has 0 saturated carbocycles. The van der Waals surface area contributed by atoms with Crippen LogP contribution in [0.2, 0.25) is 0 Å². The molecule has 0 amide bonds. The summed E-state index contributed by atoms with van der Waals surface area (Å²) in [6, 6.07) is 27.8. The van der Waals surface area contributed by atoms with Crippen LogP contribution in [0.25, 0.3) is 11.1 Å². The van der Waals surface area contributed by atoms with Gasteiger partial charge >= 0.3 is 5.97 Å². The number of carbonyl (C=O) groups excluding carboxylic acids is 1. The van der Waals surface area contributed by atoms with E-state index in [0.29, 0.717) is 29.4 Å². The lowest BCUT2D eigenvalue weighted by Gasteiger charge is -2.32. The Labute approximate surface area is 223 Å². The third kappa shape index (κ3) is 5.79. The van der Waals surface area contributed by atoms with Crippen molar-refractivity contribution in [2.75, 3.05) is 19.6 Å². The molecule has 5 rings (SSSR count). The molecule has 1 aliphatic heterocycles. The van der Waals surface area contributed by atoms with Crippen LogP contribution in [0, 0.1) is 11.3 Å². The van der Waals surface area contributed by atoms with Gasteiger partial charge in [0.1, 0.15) is 11.6 Å². The number of likely N-dealkylation sites (tertiary alicyclic amines) is 1. The quantitative estimate of drug-likeness (QED) is 0.241. The molecule has 1 fully saturated rings. The Morgan fingerprint density at radius 2 is 1.76 bits per heavy atom. The fourth-order valence-electron chi connectivity index (χ4n) is 5.31. The van der Waals surface area contributed by atoms with Gasteiger partial charge in [0.15, 0.2) is 11.5 Å². The van der Waals surface area contributed by atoms with Gasteiger partial charge in [-0.25, -0.2) is 9.78 Å². The number of oxazole rings is 1. The number of benzene rings is 3. The van der Waals surface area contributed by atoms with Crippen molar-refractivity contribution in [2.45, 2.75) is 50.5 Å². The van der Waals surface area contributed by atoms with Crippen molar-refractivity contribution in [3.8, 4) is 6.07 Å². The molecule has 1 saturated heterocycles. The highest BCUT2D eigenvalue weighted by molar-refractivity contribution is 5.89. The van der Waals surface area contributed by atoms with Crippen LogP contribution in [-0.4, -0.2) is 41.6 Å². The lowest BCUT2D eigenvalue weighted by atomic mass is 9.88. The van der Waals surface area contributed by atoms with E-state index in [0.717, 1.165) is 44.4 Å². The summed E-state index contributed by atoms with van der Waals surface area (Å²) in [5.41, 5.74) is 4.49. The maximum absolute atomic E-state index is 12.7. The first-order chi connectivity index (χ1) is 18.7. The van der Waals surface area contributed by atoms with Gasteiger partial charge in [-0.15, -0.1) is 0 Å². The first kappa shape index (κ1) is 25.7. The van der Waals surface area contributed by atoms with Gasteiger partial charge < -0.3 is 14.1 Å². The van der Waals surface area contributed by atoms with E-state index in [1.807, 2.05) is 25.1 Å². The first-order valence-corrected chi connectivity index (χ1v) is 13.5. The smallest absolute Gasteiger partial charge is 0.338 e. The van der Waals surface area contributed by atoms with Gasteiger partial charge in [0.05, 0.1) is 11.6 Å². The lowest BCUT2D eigenvalue weighted by molar-refractivity contribution is 0.0248. The van der Waals surface area contributed by atoms with E-state index in [9.17, 15) is 10.1 Å². The Morgan fingerprint density at radius 1 is 1.05 bits per heavy atom. The van der Waals surface area contributed by atoms with E-state index in [-0.39, 0.29) is 0 Å². The van der Waals surface area contributed by atoms with E-state index < -0.39 is 18.0 Å². The molecule has 2 heterocycles. The van der Waals surface area contributed by atoms with Crippen LogP contribution in [0.4, 0.5) is 0 Å². The number of hydrogen-bond donors (Lipinski definition) is 0. The zero-order valence-corrected chi connectivity index (χ0v) is 21.8. The number of nitrogens with zero attached hydrogens (tertiary/aromatic N) is 3. The van der Waals surface area contributed by atoms with Crippen molar-refractivity contribution in [2.24, 2.45) is 0 Å². The van der Waals surface area contributed by atoms with Crippen molar-refractivity contribution in [3.63, 3.8) is 0 Å². The number of nitriles is 1. The molecule has 6 heteroatoms. The molecule has 0 radical (unpaired) electrons. The van der Waals surface area contributed by atoms with Gasteiger partial charge in [-0.1, -0.05) is 67.6 Å². The van der Waals surface area contributed by atoms with Gasteiger partial charge in [-0.2, -0.15) is 5.26 Å². The monoisotopic (exact) mass is 507 g/mol. The van der Waals surface area contributed by atoms with Crippen molar-refractivity contribution in [1.82, 2.24) is 9.88 Å². The van der Waals surface area contributed by atoms with Crippen molar-refractivity contribution in [1.29, 1.82) is 5.26 Å². The predicted molar refractivity (Wildman–Crippen MR) is 147 cm³/mol. The van der Waals surface area contributed by atoms with Gasteiger partial charge in [-0.3, -0.25) is 0 Å². The molecule has 1 aromatic heterocycles. The number of carbonyl (C=O) groups is 1. The first-order valence-electron chi connectivity index (χ1n) is 13.5. The van der Waals surface area contributed by atoms with Crippen LogP contribution in [0.3, 0.4) is 0 Å². The van der Waals surface area contributed by atoms with Crippen LogP contribution >= 0.6 is 0 Å². The van der Waals surface area contributed by atoms with Crippen molar-refractivity contribution >= 4 is 17.1 Å². The molecular weight excluding hydrogens is 474 g/mol. The number of esters is 1. The Balaban J connectivity index is 1.28. The highest BCUT2D eigenvalue weighted by atomic mass is 16.5. The van der Waals surface area contributed by atoms with E-state index in [1.165, 1.54) is 11.1 Å². The maximum Gasteiger partial charge on any atom is 0.338 e. The predicted octanol–water partition coefficient (Wildman–Crippen LogP) is 6.49. The second-order valence-corrected chi connectivity index (χ2v) is 9.92. The number of aromatic nitrogens is 1. The van der Waals surface area contributed by atoms with E-state index in [2.05, 4.69) is 47.4 Å². The summed E-state index contributed by atoms with van der Waals surface area (Å²) < 4.78 is 11.8. The van der Waals surface area contributed by atoms with Gasteiger partial charge in [0.2, 0.25) is 5.89 Å². The maximum atomic E-state index is 12.7. The van der Waals surface area contributed by atoms with E-state index in [1.54, 1.807) is 24.3 Å². The fraction of sp³-hybridized carbons (Fsp3) is 0.344. The average molecular weight is 508 g/mol. The molecule has 2 atom stereocenters. The molecule has 6 nitrogen and oxygen atoms in total. The van der Waals surface area contributed by atoms with E-state index in [4.69, 9.17) is 14.1 Å². The normalized spacial score (nSPS) is 16.1. The summed E-state index contributed by atoms with van der Waals surface area (Å²) in [5.74, 6) is -0.535. The molecule has 0 N–H and O–H groups in total. The number of fused-ring (bicyclic) bond motifs is 1. The summed E-state index contributed by atoms with van der Waals surface area (Å²) >= 11 is 0. The minimum atomic E-state index is -0.784. The number of hydrogen-bond acceptors (Lipinski definition) is 6. The molecular formula is C32H33N3O3. The summed E-state index contributed by atoms with van der Waals surface area (Å²) in [7, 11) is 0. The second kappa shape index (κ2) is 12.1. The highest BCUT2D eigenvalue weighted by Crippen LogP contribution is 2.35. The number of ether oxygens (including phenoxy) is 1. The Kier molecular flexibility index (Phi) is 8.15. The Hall–Kier alpha value is -3.95. The van der Waals surface area contributed by atoms with Gasteiger partial charge in [0, 0.05) is 6.54 Å². The summed E-state index contributed by atoms with van der Waals surface area (Å²) in [4.78, 5) is 20.0. The molecule has 3 aromatic carbocycles. The van der Waals surface area contributed by atoms with Crippen molar-refractivity contribution < 1.29 is 13.9 Å². The number of rotatable bonds is 9. The summed E-state index contributed by atoms with van der Waals surface area (Å²) in [6.45, 7) is 5.06. The number of piperidine rings is 1. The minimum Gasteiger partial charge on any atom is -0.457 e. The SMILES string of the molecule is CCC(OC(=O)c1ccccc1)C(C#N)c1nc2c(C3CCN(CCc4ccccc4)CC3)cccc2o1. The number of para-hydroxylation sites is 1. The Bertz CT molecular complexity index is 1390. The molecule has 1 aliphatic rings. The van der Waals surface area contributed by atoms with Crippen molar-refractivity contribution in [3.05, 3.63) is 101 Å². The molecule has 0 aliphatic carbocycles. The highest BCUT2D eigenvalue weighted by Gasteiger charge is 2.31. The second-order valence-electron chi connectivity index (χ2n) is 9.92. The van der Waals surface area contributed by atoms with Crippen LogP contribution < -0.4 is 0 Å². The molecule has 4 aromatic rings. The lowest BCUT2D eigenvalue weighted by Crippen LogP contribution is -2.34. The largest absolute Gasteiger partial charge is 0.457 e. The third-order valence-corrected chi connectivity index (χ3v) is 7.50. The molecule has 0 bridgehead atoms. The summed E-state index contributed by atoms with van der Waals surface area (Å²) in [6.07, 6.45) is 3.01. The standard InChI is InChI=1S/C32H33N3O3/c1-2-28(38-32(36)25-12-7-4-8-13-25)27(22-33)31-34-30-26(14-9-15-29(30)37-31)24-17-20-35(21-18-24)19-16-23-10-5-3-6-11-23/h3-15,24,27-28H,2,16-21H2,1H3. The molecule has 0 spiro atoms. The molecule has 194 valence electrons. The van der Waals surface area contributed by atoms with Crippen LogP contribution in [0.5, 0.6) is 0 Å². The third-order valence-electron chi connectivity index (χ3n) is 7.50. The van der Waals surface area contributed by atoms with Gasteiger partial charge in [0.25, 0.3) is 0 Å². The zero-order chi connectivity index (χ0) is 26.3. The molecule has 2 unspecified atom stereocenters. The van der Waals surface area contributed by atoms with Gasteiger partial charge in [-0.05, 0) is 74.0 Å². The van der Waals surface area contributed by atoms with E-state index >= 15 is 0 Å². The molecule has 38 heavy (non-hydrogen) atoms. The minimum absolute atomic E-state index is 0.308. The summed E-state index contributed by atoms with van der Waals surface area (Å²) in [5, 5.41) is 10.0. The van der Waals surface area contributed by atoms with Crippen LogP contribution in [0.15, 0.2) is 83.3 Å². The fourth-order valence-corrected chi connectivity index (χ4v) is 5.31.